The maximum Gasteiger partial charge on any atom is 0.162 e. The number of ketones is 1. The van der Waals surface area contributed by atoms with E-state index < -0.39 is 0 Å². The first-order chi connectivity index (χ1) is 26.1. The Labute approximate surface area is 345 Å². The van der Waals surface area contributed by atoms with Gasteiger partial charge in [-0.1, -0.05) is 133 Å². The monoisotopic (exact) mass is 918 g/mol. The number of aliphatic hydroxyl groups is 1. The Hall–Kier alpha value is -3.53. The molecule has 0 atom stereocenters. The number of ether oxygens (including phenoxy) is 1. The van der Waals surface area contributed by atoms with Gasteiger partial charge >= 0.3 is 0 Å². The summed E-state index contributed by atoms with van der Waals surface area (Å²) in [6, 6.07) is 19.2. The van der Waals surface area contributed by atoms with Crippen molar-refractivity contribution in [2.24, 2.45) is 22.7 Å². The Morgan fingerprint density at radius 2 is 1.64 bits per heavy atom. The fourth-order valence-electron chi connectivity index (χ4n) is 8.51. The van der Waals surface area contributed by atoms with Crippen LogP contribution in [-0.2, 0) is 37.7 Å². The number of aliphatic hydroxyl groups excluding tert-OH is 1. The number of pyridine rings is 1. The summed E-state index contributed by atoms with van der Waals surface area (Å²) in [5.74, 6) is 2.79. The Morgan fingerprint density at radius 1 is 0.964 bits per heavy atom. The molecule has 0 spiro atoms. The number of rotatable bonds is 10. The van der Waals surface area contributed by atoms with Gasteiger partial charge in [0.1, 0.15) is 11.5 Å². The van der Waals surface area contributed by atoms with Crippen molar-refractivity contribution in [2.75, 3.05) is 0 Å². The van der Waals surface area contributed by atoms with E-state index in [0.717, 1.165) is 88.2 Å². The summed E-state index contributed by atoms with van der Waals surface area (Å²) in [5.41, 5.74) is 6.88. The summed E-state index contributed by atoms with van der Waals surface area (Å²) in [6.07, 6.45) is 12.3. The zero-order chi connectivity index (χ0) is 39.8. The second kappa shape index (κ2) is 17.3. The van der Waals surface area contributed by atoms with Crippen LogP contribution in [0.5, 0.6) is 11.5 Å². The minimum Gasteiger partial charge on any atom is -0.512 e. The summed E-state index contributed by atoms with van der Waals surface area (Å²) < 4.78 is 15.6. The molecular weight excluding hydrogens is 855 g/mol. The number of hydrogen-bond acceptors (Lipinski definition) is 4. The smallest absolute Gasteiger partial charge is 0.162 e. The molecule has 0 unspecified atom stereocenters. The maximum atomic E-state index is 11.9. The molecule has 0 saturated heterocycles. The molecule has 1 aromatic heterocycles. The standard InChI is InChI=1S/C36H36NO.C14H26O2.Ir/c1-21-14-25-18-31-34-33-28(12-13-37-34)27-11-10-24(20-36(3,4)5)16-26(27)19-32(33)38-35(31)30(29(25)15-22(21)2)17-23-8-6-7-9-23;1-6-11(7-2)12(15)10-13(16)14(5,8-3)9-4;/h10-16,19,23H,6-9,17,20H2,1-5H3;10-11,16H,6-9H2,1-5H3;/q-1;;/b;13-10-;/i13D;;. The van der Waals surface area contributed by atoms with Crippen LogP contribution < -0.4 is 4.74 Å². The fourth-order valence-corrected chi connectivity index (χ4v) is 8.51. The Bertz CT molecular complexity index is 2270. The molecule has 2 heterocycles. The molecule has 4 nitrogen and oxygen atoms in total. The molecule has 5 heteroatoms. The van der Waals surface area contributed by atoms with Crippen LogP contribution in [-0.4, -0.2) is 15.9 Å². The van der Waals surface area contributed by atoms with E-state index in [-0.39, 0.29) is 54.6 Å². The van der Waals surface area contributed by atoms with E-state index in [4.69, 9.17) is 11.1 Å². The quantitative estimate of drug-likeness (QED) is 0.0644. The number of carbonyl (C=O) groups is 1. The molecular formula is C50H62IrNO3-. The van der Waals surface area contributed by atoms with E-state index >= 15 is 0 Å². The molecule has 1 saturated carbocycles. The second-order valence-corrected chi connectivity index (χ2v) is 17.6. The third-order valence-corrected chi connectivity index (χ3v) is 12.5. The number of allylic oxidation sites excluding steroid dienone is 2. The Kier molecular flexibility index (Phi) is 12.9. The van der Waals surface area contributed by atoms with Gasteiger partial charge in [0.2, 0.25) is 0 Å². The molecule has 55 heavy (non-hydrogen) atoms. The van der Waals surface area contributed by atoms with Crippen LogP contribution >= 0.6 is 0 Å². The maximum absolute atomic E-state index is 11.9. The number of fused-ring (bicyclic) bond motifs is 5. The zero-order valence-electron chi connectivity index (χ0n) is 35.9. The van der Waals surface area contributed by atoms with Crippen LogP contribution in [0.1, 0.15) is 130 Å². The predicted molar refractivity (Wildman–Crippen MR) is 228 cm³/mol. The number of nitrogens with zero attached hydrogens (tertiary/aromatic N) is 1. The molecule has 1 aliphatic carbocycles. The van der Waals surface area contributed by atoms with E-state index in [1.807, 2.05) is 40.7 Å². The van der Waals surface area contributed by atoms with E-state index in [9.17, 15) is 9.90 Å². The van der Waals surface area contributed by atoms with E-state index in [1.54, 1.807) is 0 Å². The molecule has 7 rings (SSSR count). The van der Waals surface area contributed by atoms with Gasteiger partial charge in [0, 0.05) is 54.8 Å². The van der Waals surface area contributed by atoms with Gasteiger partial charge in [-0.2, -0.15) is 0 Å². The van der Waals surface area contributed by atoms with Crippen molar-refractivity contribution in [3.63, 3.8) is 0 Å². The first kappa shape index (κ1) is 41.1. The van der Waals surface area contributed by atoms with Crippen LogP contribution in [0.2, 0.25) is 0 Å². The van der Waals surface area contributed by atoms with Crippen molar-refractivity contribution in [3.05, 3.63) is 88.8 Å². The van der Waals surface area contributed by atoms with Crippen LogP contribution in [0.3, 0.4) is 0 Å². The number of carbonyl (C=O) groups excluding carboxylic acids is 1. The molecule has 1 fully saturated rings. The topological polar surface area (TPSA) is 59.4 Å². The molecule has 1 radical (unpaired) electrons. The van der Waals surface area contributed by atoms with Gasteiger partial charge in [-0.3, -0.25) is 9.78 Å². The first-order valence-corrected chi connectivity index (χ1v) is 20.6. The Balaban J connectivity index is 0.000000302. The average Bonchev–Trinajstić information content (AvgIpc) is 3.65. The van der Waals surface area contributed by atoms with Crippen molar-refractivity contribution in [1.82, 2.24) is 4.98 Å². The number of benzene rings is 4. The molecule has 0 amide bonds. The van der Waals surface area contributed by atoms with Gasteiger partial charge in [-0.25, -0.2) is 0 Å². The summed E-state index contributed by atoms with van der Waals surface area (Å²) >= 11 is 0. The van der Waals surface area contributed by atoms with Crippen LogP contribution in [0.25, 0.3) is 43.6 Å². The molecule has 1 N–H and O–H groups in total. The third-order valence-electron chi connectivity index (χ3n) is 12.5. The van der Waals surface area contributed by atoms with Crippen molar-refractivity contribution >= 4 is 38.1 Å². The van der Waals surface area contributed by atoms with Crippen molar-refractivity contribution in [3.8, 4) is 22.8 Å². The van der Waals surface area contributed by atoms with Gasteiger partial charge in [-0.15, -0.1) is 17.5 Å². The molecule has 4 aromatic carbocycles. The van der Waals surface area contributed by atoms with E-state index in [0.29, 0.717) is 5.92 Å². The van der Waals surface area contributed by atoms with Crippen molar-refractivity contribution < 1.29 is 36.1 Å². The molecule has 0 bridgehead atoms. The molecule has 5 aromatic rings. The third kappa shape index (κ3) is 8.89. The van der Waals surface area contributed by atoms with Crippen LogP contribution in [0, 0.1) is 42.6 Å². The van der Waals surface area contributed by atoms with Crippen LogP contribution in [0.15, 0.2) is 60.5 Å². The SMILES string of the molecule is CCC(CC)C(=O)/C=C(\O)C(C)(CC)CC.[2H]c1cc2c3c(cc4cc(CC(C)(C)C)ccc42)Oc2c([c-]c4cc(C)c(C)cc4c2CC2CCCC2)-c3n1.[Ir]. The average molecular weight is 918 g/mol. The number of hydrogen-bond donors (Lipinski definition) is 1. The fraction of sp³-hybridized carbons (Fsp3) is 0.480. The normalized spacial score (nSPS) is 14.7. The Morgan fingerprint density at radius 3 is 2.27 bits per heavy atom. The predicted octanol–water partition coefficient (Wildman–Crippen LogP) is 14.3. The largest absolute Gasteiger partial charge is 0.512 e. The molecule has 295 valence electrons. The summed E-state index contributed by atoms with van der Waals surface area (Å²) in [6.45, 7) is 21.3. The van der Waals surface area contributed by atoms with Gasteiger partial charge in [-0.05, 0) is 97.6 Å². The van der Waals surface area contributed by atoms with Gasteiger partial charge in [0.05, 0.1) is 7.12 Å². The first-order valence-electron chi connectivity index (χ1n) is 21.1. The molecule has 1 aliphatic heterocycles. The zero-order valence-corrected chi connectivity index (χ0v) is 37.3. The van der Waals surface area contributed by atoms with E-state index in [2.05, 4.69) is 77.1 Å². The second-order valence-electron chi connectivity index (χ2n) is 17.6. The summed E-state index contributed by atoms with van der Waals surface area (Å²) in [7, 11) is 0. The van der Waals surface area contributed by atoms with Crippen molar-refractivity contribution in [1.29, 1.82) is 0 Å². The van der Waals surface area contributed by atoms with Gasteiger partial charge in [0.25, 0.3) is 0 Å². The van der Waals surface area contributed by atoms with E-state index in [1.165, 1.54) is 59.4 Å². The number of aromatic nitrogens is 1. The van der Waals surface area contributed by atoms with Crippen molar-refractivity contribution in [2.45, 2.75) is 133 Å². The molecule has 2 aliphatic rings. The number of aryl methyl sites for hydroxylation is 2. The summed E-state index contributed by atoms with van der Waals surface area (Å²) in [4.78, 5) is 16.7. The van der Waals surface area contributed by atoms with Gasteiger partial charge < -0.3 is 9.84 Å². The minimum absolute atomic E-state index is 0. The van der Waals surface area contributed by atoms with Gasteiger partial charge in [0.15, 0.2) is 5.78 Å². The summed E-state index contributed by atoms with van der Waals surface area (Å²) in [5, 5.41) is 16.7. The minimum atomic E-state index is -0.248. The van der Waals surface area contributed by atoms with Crippen LogP contribution in [0.4, 0.5) is 0 Å².